The van der Waals surface area contributed by atoms with Gasteiger partial charge in [-0.1, -0.05) is 6.92 Å². The monoisotopic (exact) mass is 400 g/mol. The Bertz CT molecular complexity index is 809. The Morgan fingerprint density at radius 3 is 2.67 bits per heavy atom. The van der Waals surface area contributed by atoms with Gasteiger partial charge in [0, 0.05) is 12.1 Å². The van der Waals surface area contributed by atoms with E-state index in [-0.39, 0.29) is 29.0 Å². The summed E-state index contributed by atoms with van der Waals surface area (Å²) in [7, 11) is -1.75. The average Bonchev–Trinajstić information content (AvgIpc) is 2.98. The third kappa shape index (κ3) is 5.09. The van der Waals surface area contributed by atoms with Crippen LogP contribution in [0.15, 0.2) is 18.2 Å². The van der Waals surface area contributed by atoms with Crippen molar-refractivity contribution in [3.05, 3.63) is 28.3 Å². The highest BCUT2D eigenvalue weighted by Gasteiger charge is 2.36. The lowest BCUT2D eigenvalue weighted by atomic mass is 10.1. The fourth-order valence-electron chi connectivity index (χ4n) is 3.10. The largest absolute Gasteiger partial charge is 0.496 e. The summed E-state index contributed by atoms with van der Waals surface area (Å²) in [6.07, 6.45) is 1.05. The minimum atomic E-state index is -3.15. The lowest BCUT2D eigenvalue weighted by Gasteiger charge is -2.33. The van der Waals surface area contributed by atoms with Gasteiger partial charge in [-0.15, -0.1) is 0 Å². The number of nitro groups is 1. The van der Waals surface area contributed by atoms with Crippen molar-refractivity contribution in [2.45, 2.75) is 38.8 Å². The van der Waals surface area contributed by atoms with Gasteiger partial charge in [0.15, 0.2) is 22.2 Å². The number of nitrogens with zero attached hydrogens (tertiary/aromatic N) is 2. The molecule has 1 aliphatic heterocycles. The molecule has 1 aromatic rings. The van der Waals surface area contributed by atoms with Crippen LogP contribution in [0, 0.1) is 10.1 Å². The second-order valence-corrected chi connectivity index (χ2v) is 8.72. The van der Waals surface area contributed by atoms with Crippen molar-refractivity contribution < 1.29 is 27.6 Å². The molecule has 0 unspecified atom stereocenters. The zero-order valence-corrected chi connectivity index (χ0v) is 16.4. The number of carbonyl (C=O) groups excluding carboxylic acids is 1. The first-order chi connectivity index (χ1) is 12.7. The molecule has 0 aliphatic carbocycles. The number of nitro benzene ring substituents is 1. The van der Waals surface area contributed by atoms with Gasteiger partial charge in [-0.05, 0) is 31.9 Å². The SMILES string of the molecule is CC[C@@H](C)N(C(=O)COc1ccc(OC)cc1[N+](=O)[O-])[C@@H]1CCS(=O)(=O)C1. The van der Waals surface area contributed by atoms with Gasteiger partial charge in [0.25, 0.3) is 5.91 Å². The van der Waals surface area contributed by atoms with Gasteiger partial charge in [0.2, 0.25) is 0 Å². The number of hydrogen-bond donors (Lipinski definition) is 0. The van der Waals surface area contributed by atoms with Crippen LogP contribution in [0.4, 0.5) is 5.69 Å². The van der Waals surface area contributed by atoms with Crippen LogP contribution in [-0.4, -0.2) is 61.5 Å². The number of ether oxygens (including phenoxy) is 2. The standard InChI is InChI=1S/C17H24N2O7S/c1-4-12(2)18(13-7-8-27(23,24)11-13)17(20)10-26-16-6-5-14(25-3)9-15(16)19(21)22/h5-6,9,12-13H,4,7-8,10-11H2,1-3H3/t12-,13-/m1/s1. The minimum Gasteiger partial charge on any atom is -0.496 e. The molecule has 0 aromatic heterocycles. The minimum absolute atomic E-state index is 0.0442. The zero-order valence-electron chi connectivity index (χ0n) is 15.6. The first kappa shape index (κ1) is 20.9. The van der Waals surface area contributed by atoms with Crippen LogP contribution in [0.1, 0.15) is 26.7 Å². The normalized spacial score (nSPS) is 19.3. The molecule has 1 aliphatic rings. The number of hydrogen-bond acceptors (Lipinski definition) is 7. The molecule has 2 rings (SSSR count). The third-order valence-electron chi connectivity index (χ3n) is 4.67. The van der Waals surface area contributed by atoms with Crippen LogP contribution in [0.2, 0.25) is 0 Å². The maximum atomic E-state index is 12.7. The van der Waals surface area contributed by atoms with Gasteiger partial charge in [-0.2, -0.15) is 0 Å². The average molecular weight is 400 g/mol. The van der Waals surface area contributed by atoms with Crippen LogP contribution in [0.5, 0.6) is 11.5 Å². The molecule has 2 atom stereocenters. The summed E-state index contributed by atoms with van der Waals surface area (Å²) >= 11 is 0. The third-order valence-corrected chi connectivity index (χ3v) is 6.42. The van der Waals surface area contributed by atoms with Crippen molar-refractivity contribution in [2.24, 2.45) is 0 Å². The molecular formula is C17H24N2O7S. The van der Waals surface area contributed by atoms with Crippen LogP contribution in [-0.2, 0) is 14.6 Å². The predicted molar refractivity (Wildman–Crippen MR) is 98.8 cm³/mol. The summed E-state index contributed by atoms with van der Waals surface area (Å²) in [6.45, 7) is 3.34. The highest BCUT2D eigenvalue weighted by molar-refractivity contribution is 7.91. The van der Waals surface area contributed by atoms with E-state index in [1.807, 2.05) is 13.8 Å². The van der Waals surface area contributed by atoms with Crippen LogP contribution in [0.25, 0.3) is 0 Å². The number of carbonyl (C=O) groups is 1. The predicted octanol–water partition coefficient (Wildman–Crippen LogP) is 1.80. The lowest BCUT2D eigenvalue weighted by molar-refractivity contribution is -0.385. The Balaban J connectivity index is 2.15. The fraction of sp³-hybridized carbons (Fsp3) is 0.588. The molecular weight excluding hydrogens is 376 g/mol. The Morgan fingerprint density at radius 2 is 2.15 bits per heavy atom. The molecule has 1 heterocycles. The number of methoxy groups -OCH3 is 1. The van der Waals surface area contributed by atoms with E-state index in [1.54, 1.807) is 4.90 Å². The maximum absolute atomic E-state index is 12.7. The van der Waals surface area contributed by atoms with E-state index < -0.39 is 33.3 Å². The number of sulfone groups is 1. The highest BCUT2D eigenvalue weighted by Crippen LogP contribution is 2.31. The summed E-state index contributed by atoms with van der Waals surface area (Å²) in [4.78, 5) is 24.9. The fourth-order valence-corrected chi connectivity index (χ4v) is 4.82. The Morgan fingerprint density at radius 1 is 1.44 bits per heavy atom. The zero-order chi connectivity index (χ0) is 20.2. The Hall–Kier alpha value is -2.36. The summed E-state index contributed by atoms with van der Waals surface area (Å²) in [6, 6.07) is 3.54. The van der Waals surface area contributed by atoms with Crippen molar-refractivity contribution in [3.8, 4) is 11.5 Å². The van der Waals surface area contributed by atoms with E-state index >= 15 is 0 Å². The quantitative estimate of drug-likeness (QED) is 0.482. The van der Waals surface area contributed by atoms with Crippen molar-refractivity contribution in [1.29, 1.82) is 0 Å². The van der Waals surface area contributed by atoms with E-state index in [0.717, 1.165) is 0 Å². The van der Waals surface area contributed by atoms with Gasteiger partial charge in [0.05, 0.1) is 29.6 Å². The summed E-state index contributed by atoms with van der Waals surface area (Å²) in [5, 5.41) is 11.2. The van der Waals surface area contributed by atoms with Crippen molar-refractivity contribution in [1.82, 2.24) is 4.90 Å². The van der Waals surface area contributed by atoms with Crippen molar-refractivity contribution >= 4 is 21.4 Å². The first-order valence-electron chi connectivity index (χ1n) is 8.65. The summed E-state index contributed by atoms with van der Waals surface area (Å²) < 4.78 is 33.9. The second-order valence-electron chi connectivity index (χ2n) is 6.49. The smallest absolute Gasteiger partial charge is 0.314 e. The maximum Gasteiger partial charge on any atom is 0.314 e. The summed E-state index contributed by atoms with van der Waals surface area (Å²) in [5.41, 5.74) is -0.305. The molecule has 0 saturated carbocycles. The van der Waals surface area contributed by atoms with E-state index in [4.69, 9.17) is 9.47 Å². The van der Waals surface area contributed by atoms with Crippen molar-refractivity contribution in [2.75, 3.05) is 25.2 Å². The van der Waals surface area contributed by atoms with Crippen molar-refractivity contribution in [3.63, 3.8) is 0 Å². The molecule has 150 valence electrons. The Labute approximate surface area is 158 Å². The molecule has 9 nitrogen and oxygen atoms in total. The van der Waals surface area contributed by atoms with Gasteiger partial charge in [0.1, 0.15) is 5.75 Å². The molecule has 0 radical (unpaired) electrons. The van der Waals surface area contributed by atoms with Gasteiger partial charge >= 0.3 is 5.69 Å². The topological polar surface area (TPSA) is 116 Å². The Kier molecular flexibility index (Phi) is 6.63. The molecule has 0 spiro atoms. The van der Waals surface area contributed by atoms with E-state index in [9.17, 15) is 23.3 Å². The van der Waals surface area contributed by atoms with Crippen LogP contribution in [0.3, 0.4) is 0 Å². The molecule has 1 aromatic carbocycles. The number of benzene rings is 1. The molecule has 1 amide bonds. The van der Waals surface area contributed by atoms with Crippen LogP contribution < -0.4 is 9.47 Å². The van der Waals surface area contributed by atoms with Crippen LogP contribution >= 0.6 is 0 Å². The number of amides is 1. The lowest BCUT2D eigenvalue weighted by Crippen LogP contribution is -2.48. The molecule has 10 heteroatoms. The molecule has 0 N–H and O–H groups in total. The van der Waals surface area contributed by atoms with Gasteiger partial charge in [-0.3, -0.25) is 14.9 Å². The highest BCUT2D eigenvalue weighted by atomic mass is 32.2. The molecule has 27 heavy (non-hydrogen) atoms. The molecule has 1 saturated heterocycles. The molecule has 0 bridgehead atoms. The first-order valence-corrected chi connectivity index (χ1v) is 10.5. The number of rotatable bonds is 8. The molecule has 1 fully saturated rings. The van der Waals surface area contributed by atoms with Gasteiger partial charge in [-0.25, -0.2) is 8.42 Å². The second kappa shape index (κ2) is 8.55. The van der Waals surface area contributed by atoms with Gasteiger partial charge < -0.3 is 14.4 Å². The van der Waals surface area contributed by atoms with E-state index in [2.05, 4.69) is 0 Å². The van der Waals surface area contributed by atoms with E-state index in [0.29, 0.717) is 18.6 Å². The van der Waals surface area contributed by atoms with E-state index in [1.165, 1.54) is 25.3 Å². The summed E-state index contributed by atoms with van der Waals surface area (Å²) in [5.74, 6) is -0.138.